The average Bonchev–Trinajstić information content (AvgIpc) is 2.63. The van der Waals surface area contributed by atoms with Gasteiger partial charge in [-0.3, -0.25) is 4.79 Å². The summed E-state index contributed by atoms with van der Waals surface area (Å²) in [5, 5.41) is 4.52. The first-order chi connectivity index (χ1) is 12.1. The van der Waals surface area contributed by atoms with Gasteiger partial charge in [-0.1, -0.05) is 11.6 Å². The van der Waals surface area contributed by atoms with E-state index in [1.165, 1.54) is 13.3 Å². The number of amides is 1. The molecule has 0 heterocycles. The zero-order chi connectivity index (χ0) is 18.2. The number of hydrogen-bond acceptors (Lipinski definition) is 5. The lowest BCUT2D eigenvalue weighted by atomic mass is 10.2. The molecule has 25 heavy (non-hydrogen) atoms. The smallest absolute Gasteiger partial charge is 0.275 e. The monoisotopic (exact) mass is 362 g/mol. The summed E-state index contributed by atoms with van der Waals surface area (Å²) in [6.07, 6.45) is 1.48. The Morgan fingerprint density at radius 3 is 2.64 bits per heavy atom. The van der Waals surface area contributed by atoms with Crippen molar-refractivity contribution in [3.8, 4) is 17.2 Å². The fraction of sp³-hybridized carbons (Fsp3) is 0.222. The highest BCUT2D eigenvalue weighted by Crippen LogP contribution is 2.24. The van der Waals surface area contributed by atoms with Gasteiger partial charge >= 0.3 is 0 Å². The largest absolute Gasteiger partial charge is 0.497 e. The van der Waals surface area contributed by atoms with E-state index in [1.807, 2.05) is 6.92 Å². The van der Waals surface area contributed by atoms with Crippen molar-refractivity contribution >= 4 is 23.7 Å². The van der Waals surface area contributed by atoms with E-state index in [9.17, 15) is 4.79 Å². The Balaban J connectivity index is 2.15. The molecule has 0 spiro atoms. The zero-order valence-corrected chi connectivity index (χ0v) is 15.0. The summed E-state index contributed by atoms with van der Waals surface area (Å²) in [6, 6.07) is 10.1. The van der Waals surface area contributed by atoms with Crippen molar-refractivity contribution in [3.05, 3.63) is 52.5 Å². The molecule has 1 N–H and O–H groups in total. The van der Waals surface area contributed by atoms with Crippen LogP contribution in [0.3, 0.4) is 0 Å². The summed E-state index contributed by atoms with van der Waals surface area (Å²) in [5.41, 5.74) is 3.47. The fourth-order valence-electron chi connectivity index (χ4n) is 2.11. The molecule has 0 radical (unpaired) electrons. The van der Waals surface area contributed by atoms with Gasteiger partial charge in [-0.15, -0.1) is 0 Å². The summed E-state index contributed by atoms with van der Waals surface area (Å²) in [5.74, 6) is 1.21. The highest BCUT2D eigenvalue weighted by atomic mass is 35.5. The molecule has 0 bridgehead atoms. The second-order valence-electron chi connectivity index (χ2n) is 4.88. The normalized spacial score (nSPS) is 10.6. The van der Waals surface area contributed by atoms with Crippen LogP contribution in [0, 0.1) is 0 Å². The Bertz CT molecular complexity index is 778. The molecule has 1 amide bonds. The Morgan fingerprint density at radius 2 is 1.96 bits per heavy atom. The maximum Gasteiger partial charge on any atom is 0.275 e. The third-order valence-electron chi connectivity index (χ3n) is 3.29. The van der Waals surface area contributed by atoms with E-state index in [0.29, 0.717) is 40.0 Å². The topological polar surface area (TPSA) is 69.2 Å². The number of benzene rings is 2. The van der Waals surface area contributed by atoms with E-state index in [0.717, 1.165) is 0 Å². The van der Waals surface area contributed by atoms with Crippen LogP contribution < -0.4 is 19.6 Å². The van der Waals surface area contributed by atoms with Gasteiger partial charge in [0.05, 0.1) is 32.6 Å². The molecule has 0 aliphatic heterocycles. The van der Waals surface area contributed by atoms with Crippen molar-refractivity contribution in [2.24, 2.45) is 5.10 Å². The van der Waals surface area contributed by atoms with Gasteiger partial charge < -0.3 is 14.2 Å². The van der Waals surface area contributed by atoms with Crippen molar-refractivity contribution in [1.29, 1.82) is 0 Å². The lowest BCUT2D eigenvalue weighted by molar-refractivity contribution is 0.0952. The summed E-state index contributed by atoms with van der Waals surface area (Å²) in [6.45, 7) is 2.39. The fourth-order valence-corrected chi connectivity index (χ4v) is 2.29. The molecule has 2 rings (SSSR count). The van der Waals surface area contributed by atoms with E-state index in [2.05, 4.69) is 10.5 Å². The second kappa shape index (κ2) is 8.94. The highest BCUT2D eigenvalue weighted by Gasteiger charge is 2.12. The van der Waals surface area contributed by atoms with Crippen molar-refractivity contribution in [2.75, 3.05) is 20.8 Å². The second-order valence-corrected chi connectivity index (χ2v) is 5.32. The third kappa shape index (κ3) is 4.87. The van der Waals surface area contributed by atoms with E-state index >= 15 is 0 Å². The van der Waals surface area contributed by atoms with Gasteiger partial charge in [0.25, 0.3) is 5.91 Å². The minimum atomic E-state index is -0.407. The van der Waals surface area contributed by atoms with Crippen molar-refractivity contribution in [3.63, 3.8) is 0 Å². The number of halogens is 1. The molecule has 0 aliphatic rings. The SMILES string of the molecule is CCOc1ccc(Cl)cc1/C=N\NC(=O)c1ccc(OC)cc1OC. The average molecular weight is 363 g/mol. The number of hydrogen-bond donors (Lipinski definition) is 1. The van der Waals surface area contributed by atoms with Crippen LogP contribution in [-0.2, 0) is 0 Å². The lowest BCUT2D eigenvalue weighted by Gasteiger charge is -2.09. The van der Waals surface area contributed by atoms with Gasteiger partial charge in [-0.2, -0.15) is 5.10 Å². The first-order valence-corrected chi connectivity index (χ1v) is 7.94. The number of rotatable bonds is 7. The number of nitrogens with zero attached hydrogens (tertiary/aromatic N) is 1. The standard InChI is InChI=1S/C18H19ClN2O4/c1-4-25-16-8-5-13(19)9-12(16)11-20-21-18(22)15-7-6-14(23-2)10-17(15)24-3/h5-11H,4H2,1-3H3,(H,21,22)/b20-11-. The first-order valence-electron chi connectivity index (χ1n) is 7.56. The summed E-state index contributed by atoms with van der Waals surface area (Å²) in [4.78, 5) is 12.3. The van der Waals surface area contributed by atoms with Gasteiger partial charge in [0.2, 0.25) is 0 Å². The maximum absolute atomic E-state index is 12.3. The lowest BCUT2D eigenvalue weighted by Crippen LogP contribution is -2.18. The predicted octanol–water partition coefficient (Wildman–Crippen LogP) is 3.52. The molecule has 0 saturated heterocycles. The number of nitrogens with one attached hydrogen (secondary N) is 1. The summed E-state index contributed by atoms with van der Waals surface area (Å²) < 4.78 is 15.8. The molecule has 2 aromatic carbocycles. The Kier molecular flexibility index (Phi) is 6.65. The molecular weight excluding hydrogens is 344 g/mol. The van der Waals surface area contributed by atoms with E-state index in [-0.39, 0.29) is 0 Å². The molecule has 0 saturated carbocycles. The molecular formula is C18H19ClN2O4. The van der Waals surface area contributed by atoms with Gasteiger partial charge in [-0.05, 0) is 37.3 Å². The molecule has 0 fully saturated rings. The maximum atomic E-state index is 12.3. The van der Waals surface area contributed by atoms with Crippen LogP contribution in [0.5, 0.6) is 17.2 Å². The van der Waals surface area contributed by atoms with Gasteiger partial charge in [0.1, 0.15) is 17.2 Å². The molecule has 2 aromatic rings. The van der Waals surface area contributed by atoms with Crippen LogP contribution >= 0.6 is 11.6 Å². The van der Waals surface area contributed by atoms with Crippen LogP contribution in [0.25, 0.3) is 0 Å². The van der Waals surface area contributed by atoms with Crippen LogP contribution in [-0.4, -0.2) is 32.9 Å². The minimum Gasteiger partial charge on any atom is -0.497 e. The van der Waals surface area contributed by atoms with Crippen molar-refractivity contribution < 1.29 is 19.0 Å². The Labute approximate surface area is 151 Å². The number of carbonyl (C=O) groups is 1. The summed E-state index contributed by atoms with van der Waals surface area (Å²) >= 11 is 5.99. The van der Waals surface area contributed by atoms with Gasteiger partial charge in [0.15, 0.2) is 0 Å². The van der Waals surface area contributed by atoms with Crippen LogP contribution in [0.2, 0.25) is 5.02 Å². The van der Waals surface area contributed by atoms with E-state index in [4.69, 9.17) is 25.8 Å². The summed E-state index contributed by atoms with van der Waals surface area (Å²) in [7, 11) is 3.02. The first kappa shape index (κ1) is 18.6. The van der Waals surface area contributed by atoms with E-state index < -0.39 is 5.91 Å². The molecule has 6 nitrogen and oxygen atoms in total. The third-order valence-corrected chi connectivity index (χ3v) is 3.53. The molecule has 0 unspecified atom stereocenters. The Hall–Kier alpha value is -2.73. The predicted molar refractivity (Wildman–Crippen MR) is 97.2 cm³/mol. The van der Waals surface area contributed by atoms with Crippen molar-refractivity contribution in [2.45, 2.75) is 6.92 Å². The van der Waals surface area contributed by atoms with Gasteiger partial charge in [0, 0.05) is 16.7 Å². The molecule has 0 aliphatic carbocycles. The number of carbonyl (C=O) groups excluding carboxylic acids is 1. The Morgan fingerprint density at radius 1 is 1.16 bits per heavy atom. The quantitative estimate of drug-likeness (QED) is 0.604. The molecule has 0 atom stereocenters. The van der Waals surface area contributed by atoms with E-state index in [1.54, 1.807) is 43.5 Å². The van der Waals surface area contributed by atoms with Crippen LogP contribution in [0.15, 0.2) is 41.5 Å². The highest BCUT2D eigenvalue weighted by molar-refractivity contribution is 6.30. The number of ether oxygens (including phenoxy) is 3. The van der Waals surface area contributed by atoms with Crippen molar-refractivity contribution in [1.82, 2.24) is 5.43 Å². The van der Waals surface area contributed by atoms with Gasteiger partial charge in [-0.25, -0.2) is 5.43 Å². The zero-order valence-electron chi connectivity index (χ0n) is 14.2. The minimum absolute atomic E-state index is 0.344. The van der Waals surface area contributed by atoms with Crippen LogP contribution in [0.4, 0.5) is 0 Å². The molecule has 132 valence electrons. The van der Waals surface area contributed by atoms with Crippen LogP contribution in [0.1, 0.15) is 22.8 Å². The molecule has 7 heteroatoms. The molecule has 0 aromatic heterocycles. The number of hydrazone groups is 1. The number of methoxy groups -OCH3 is 2.